The minimum absolute atomic E-state index is 0.268. The quantitative estimate of drug-likeness (QED) is 0.525. The van der Waals surface area contributed by atoms with Crippen molar-refractivity contribution in [1.82, 2.24) is 4.98 Å². The van der Waals surface area contributed by atoms with Gasteiger partial charge in [-0.15, -0.1) is 11.3 Å². The zero-order valence-electron chi connectivity index (χ0n) is 13.0. The van der Waals surface area contributed by atoms with E-state index in [4.69, 9.17) is 16.0 Å². The molecule has 0 fully saturated rings. The summed E-state index contributed by atoms with van der Waals surface area (Å²) in [7, 11) is 0. The number of furan rings is 1. The number of halogens is 1. The van der Waals surface area contributed by atoms with Crippen LogP contribution < -0.4 is 5.32 Å². The monoisotopic (exact) mass is 368 g/mol. The number of anilines is 1. The summed E-state index contributed by atoms with van der Waals surface area (Å²) in [6, 6.07) is 16.9. The third-order valence-corrected chi connectivity index (χ3v) is 5.03. The van der Waals surface area contributed by atoms with Crippen molar-refractivity contribution in [3.63, 3.8) is 0 Å². The first-order valence-electron chi connectivity index (χ1n) is 7.67. The molecule has 1 amide bonds. The van der Waals surface area contributed by atoms with Crippen LogP contribution in [0.25, 0.3) is 11.0 Å². The van der Waals surface area contributed by atoms with Gasteiger partial charge in [-0.3, -0.25) is 10.1 Å². The molecule has 1 N–H and O–H groups in total. The van der Waals surface area contributed by atoms with Gasteiger partial charge in [0.1, 0.15) is 5.58 Å². The van der Waals surface area contributed by atoms with Crippen molar-refractivity contribution in [3.05, 3.63) is 82.0 Å². The van der Waals surface area contributed by atoms with Crippen molar-refractivity contribution in [1.29, 1.82) is 0 Å². The number of hydrogen-bond acceptors (Lipinski definition) is 4. The summed E-state index contributed by atoms with van der Waals surface area (Å²) >= 11 is 7.61. The second-order valence-electron chi connectivity index (χ2n) is 5.50. The van der Waals surface area contributed by atoms with Crippen molar-refractivity contribution >= 4 is 44.9 Å². The lowest BCUT2D eigenvalue weighted by molar-refractivity contribution is 0.0998. The maximum atomic E-state index is 12.3. The Morgan fingerprint density at radius 2 is 1.96 bits per heavy atom. The molecule has 4 rings (SSSR count). The average molecular weight is 369 g/mol. The molecule has 4 aromatic rings. The third-order valence-electron chi connectivity index (χ3n) is 3.75. The molecule has 4 nitrogen and oxygen atoms in total. The molecule has 0 atom stereocenters. The van der Waals surface area contributed by atoms with E-state index in [1.165, 1.54) is 11.3 Å². The van der Waals surface area contributed by atoms with E-state index in [2.05, 4.69) is 10.3 Å². The first-order valence-corrected chi connectivity index (χ1v) is 8.86. The van der Waals surface area contributed by atoms with Crippen LogP contribution in [0.15, 0.2) is 65.2 Å². The molecule has 2 aromatic heterocycles. The number of carbonyl (C=O) groups excluding carboxylic acids is 1. The number of hydrogen-bond donors (Lipinski definition) is 1. The maximum Gasteiger partial charge on any atom is 0.293 e. The summed E-state index contributed by atoms with van der Waals surface area (Å²) in [5.41, 5.74) is 1.72. The zero-order chi connectivity index (χ0) is 17.2. The Morgan fingerprint density at radius 1 is 1.16 bits per heavy atom. The lowest BCUT2D eigenvalue weighted by atomic mass is 10.1. The number of nitrogens with one attached hydrogen (secondary N) is 1. The number of amides is 1. The van der Waals surface area contributed by atoms with Crippen molar-refractivity contribution in [3.8, 4) is 0 Å². The number of para-hydroxylation sites is 1. The molecule has 0 saturated heterocycles. The fraction of sp³-hybridized carbons (Fsp3) is 0.0526. The Bertz CT molecular complexity index is 1020. The standard InChI is InChI=1S/C19H13ClN2O2S/c20-15-7-3-1-5-12(15)9-14-11-21-19(25-14)22-18(23)17-10-13-6-2-4-8-16(13)24-17/h1-8,10-11H,9H2,(H,21,22,23). The molecule has 0 aliphatic carbocycles. The molecule has 0 radical (unpaired) electrons. The van der Waals surface area contributed by atoms with Gasteiger partial charge in [0.2, 0.25) is 0 Å². The van der Waals surface area contributed by atoms with Crippen LogP contribution in [-0.2, 0) is 6.42 Å². The van der Waals surface area contributed by atoms with E-state index >= 15 is 0 Å². The predicted octanol–water partition coefficient (Wildman–Crippen LogP) is 5.39. The molecule has 0 spiro atoms. The summed E-state index contributed by atoms with van der Waals surface area (Å²) in [4.78, 5) is 17.6. The molecule has 124 valence electrons. The summed E-state index contributed by atoms with van der Waals surface area (Å²) < 4.78 is 5.57. The minimum Gasteiger partial charge on any atom is -0.451 e. The van der Waals surface area contributed by atoms with Gasteiger partial charge in [0.25, 0.3) is 5.91 Å². The van der Waals surface area contributed by atoms with Crippen LogP contribution >= 0.6 is 22.9 Å². The lowest BCUT2D eigenvalue weighted by Crippen LogP contribution is -2.10. The predicted molar refractivity (Wildman–Crippen MR) is 101 cm³/mol. The van der Waals surface area contributed by atoms with E-state index in [1.807, 2.05) is 48.5 Å². The number of thiazole rings is 1. The normalized spacial score (nSPS) is 10.9. The van der Waals surface area contributed by atoms with Gasteiger partial charge in [0.15, 0.2) is 10.9 Å². The Balaban J connectivity index is 1.49. The minimum atomic E-state index is -0.310. The SMILES string of the molecule is O=C(Nc1ncc(Cc2ccccc2Cl)s1)c1cc2ccccc2o1. The van der Waals surface area contributed by atoms with Crippen LogP contribution in [0.4, 0.5) is 5.13 Å². The molecule has 2 heterocycles. The second kappa shape index (κ2) is 6.70. The molecule has 2 aromatic carbocycles. The molecular formula is C19H13ClN2O2S. The van der Waals surface area contributed by atoms with Gasteiger partial charge in [0, 0.05) is 27.9 Å². The van der Waals surface area contributed by atoms with Crippen molar-refractivity contribution < 1.29 is 9.21 Å². The van der Waals surface area contributed by atoms with Crippen molar-refractivity contribution in [2.75, 3.05) is 5.32 Å². The molecule has 0 aliphatic heterocycles. The first kappa shape index (κ1) is 15.9. The molecule has 0 aliphatic rings. The van der Waals surface area contributed by atoms with Crippen LogP contribution in [0, 0.1) is 0 Å². The van der Waals surface area contributed by atoms with E-state index < -0.39 is 0 Å². The Kier molecular flexibility index (Phi) is 4.26. The van der Waals surface area contributed by atoms with E-state index in [0.29, 0.717) is 17.1 Å². The van der Waals surface area contributed by atoms with Gasteiger partial charge in [-0.25, -0.2) is 4.98 Å². The first-order chi connectivity index (χ1) is 12.2. The third kappa shape index (κ3) is 3.43. The largest absolute Gasteiger partial charge is 0.451 e. The molecule has 0 unspecified atom stereocenters. The number of carbonyl (C=O) groups is 1. The van der Waals surface area contributed by atoms with E-state index in [1.54, 1.807) is 12.3 Å². The summed E-state index contributed by atoms with van der Waals surface area (Å²) in [6.07, 6.45) is 2.43. The van der Waals surface area contributed by atoms with Crippen LogP contribution in [0.1, 0.15) is 21.0 Å². The van der Waals surface area contributed by atoms with Crippen LogP contribution in [0.2, 0.25) is 5.02 Å². The van der Waals surface area contributed by atoms with Crippen LogP contribution in [0.5, 0.6) is 0 Å². The maximum absolute atomic E-state index is 12.3. The number of fused-ring (bicyclic) bond motifs is 1. The van der Waals surface area contributed by atoms with E-state index in [9.17, 15) is 4.79 Å². The Morgan fingerprint density at radius 3 is 2.80 bits per heavy atom. The highest BCUT2D eigenvalue weighted by molar-refractivity contribution is 7.15. The van der Waals surface area contributed by atoms with Crippen molar-refractivity contribution in [2.24, 2.45) is 0 Å². The van der Waals surface area contributed by atoms with Gasteiger partial charge in [-0.1, -0.05) is 48.0 Å². The Labute approximate surface area is 153 Å². The topological polar surface area (TPSA) is 55.1 Å². The van der Waals surface area contributed by atoms with E-state index in [-0.39, 0.29) is 11.7 Å². The zero-order valence-corrected chi connectivity index (χ0v) is 14.6. The summed E-state index contributed by atoms with van der Waals surface area (Å²) in [6.45, 7) is 0. The molecule has 0 bridgehead atoms. The average Bonchev–Trinajstić information content (AvgIpc) is 3.23. The molecular weight excluding hydrogens is 356 g/mol. The molecule has 6 heteroatoms. The number of aromatic nitrogens is 1. The number of benzene rings is 2. The lowest BCUT2D eigenvalue weighted by Gasteiger charge is -2.00. The fourth-order valence-electron chi connectivity index (χ4n) is 2.53. The second-order valence-corrected chi connectivity index (χ2v) is 7.02. The molecule has 0 saturated carbocycles. The van der Waals surface area contributed by atoms with Gasteiger partial charge in [0.05, 0.1) is 0 Å². The smallest absolute Gasteiger partial charge is 0.293 e. The van der Waals surface area contributed by atoms with Crippen LogP contribution in [0.3, 0.4) is 0 Å². The summed E-state index contributed by atoms with van der Waals surface area (Å²) in [5.74, 6) is -0.0427. The highest BCUT2D eigenvalue weighted by Crippen LogP contribution is 2.25. The summed E-state index contributed by atoms with van der Waals surface area (Å²) in [5, 5.41) is 4.94. The van der Waals surface area contributed by atoms with Gasteiger partial charge >= 0.3 is 0 Å². The van der Waals surface area contributed by atoms with Gasteiger partial charge < -0.3 is 4.42 Å². The number of rotatable bonds is 4. The Hall–Kier alpha value is -2.63. The van der Waals surface area contributed by atoms with Crippen LogP contribution in [-0.4, -0.2) is 10.9 Å². The van der Waals surface area contributed by atoms with Gasteiger partial charge in [-0.2, -0.15) is 0 Å². The highest BCUT2D eigenvalue weighted by Gasteiger charge is 2.14. The fourth-order valence-corrected chi connectivity index (χ4v) is 3.56. The van der Waals surface area contributed by atoms with E-state index in [0.717, 1.165) is 20.8 Å². The van der Waals surface area contributed by atoms with Gasteiger partial charge in [-0.05, 0) is 23.8 Å². The van der Waals surface area contributed by atoms with Crippen molar-refractivity contribution in [2.45, 2.75) is 6.42 Å². The molecule has 25 heavy (non-hydrogen) atoms. The number of nitrogens with zero attached hydrogens (tertiary/aromatic N) is 1. The highest BCUT2D eigenvalue weighted by atomic mass is 35.5.